The highest BCUT2D eigenvalue weighted by Crippen LogP contribution is 2.39. The Labute approximate surface area is 202 Å². The van der Waals surface area contributed by atoms with Gasteiger partial charge in [0.1, 0.15) is 0 Å². The summed E-state index contributed by atoms with van der Waals surface area (Å²) < 4.78 is 2.24. The number of halogens is 2. The van der Waals surface area contributed by atoms with Gasteiger partial charge in [0.05, 0.1) is 11.0 Å². The molecule has 33 heavy (non-hydrogen) atoms. The highest BCUT2D eigenvalue weighted by atomic mass is 35.5. The summed E-state index contributed by atoms with van der Waals surface area (Å²) in [6.45, 7) is 4.88. The first kappa shape index (κ1) is 21.6. The minimum Gasteiger partial charge on any atom is -0.366 e. The average molecular weight is 473 g/mol. The Hall–Kier alpha value is -3.27. The minimum absolute atomic E-state index is 0.440. The second kappa shape index (κ2) is 8.26. The summed E-state index contributed by atoms with van der Waals surface area (Å²) in [4.78, 5) is 12.3. The summed E-state index contributed by atoms with van der Waals surface area (Å²) in [5.74, 6) is -0.440. The molecule has 1 aromatic heterocycles. The Morgan fingerprint density at radius 3 is 2.30 bits per heavy atom. The Bertz CT molecular complexity index is 1550. The molecule has 0 bridgehead atoms. The summed E-state index contributed by atoms with van der Waals surface area (Å²) in [6.07, 6.45) is 0. The van der Waals surface area contributed by atoms with Crippen molar-refractivity contribution in [1.82, 2.24) is 4.57 Å². The van der Waals surface area contributed by atoms with Crippen molar-refractivity contribution < 1.29 is 4.79 Å². The highest BCUT2D eigenvalue weighted by Gasteiger charge is 2.18. The number of nitrogens with two attached hydrogens (primary N) is 1. The van der Waals surface area contributed by atoms with Crippen LogP contribution in [0.3, 0.4) is 0 Å². The van der Waals surface area contributed by atoms with Crippen molar-refractivity contribution in [3.05, 3.63) is 105 Å². The van der Waals surface area contributed by atoms with Gasteiger partial charge in [0.25, 0.3) is 0 Å². The first-order valence-electron chi connectivity index (χ1n) is 10.7. The molecule has 5 heteroatoms. The molecule has 0 aliphatic carbocycles. The van der Waals surface area contributed by atoms with Crippen molar-refractivity contribution in [3.8, 4) is 11.1 Å². The maximum atomic E-state index is 12.3. The lowest BCUT2D eigenvalue weighted by molar-refractivity contribution is 0.100. The third kappa shape index (κ3) is 3.68. The number of aryl methyl sites for hydroxylation is 2. The molecule has 0 aliphatic rings. The first-order valence-corrected chi connectivity index (χ1v) is 11.5. The van der Waals surface area contributed by atoms with Crippen LogP contribution in [-0.4, -0.2) is 10.5 Å². The van der Waals surface area contributed by atoms with Crippen molar-refractivity contribution in [1.29, 1.82) is 0 Å². The Morgan fingerprint density at radius 2 is 1.61 bits per heavy atom. The van der Waals surface area contributed by atoms with Gasteiger partial charge < -0.3 is 10.3 Å². The second-order valence-electron chi connectivity index (χ2n) is 8.41. The number of carbonyl (C=O) groups excluding carboxylic acids is 1. The van der Waals surface area contributed by atoms with Gasteiger partial charge in [-0.1, -0.05) is 71.2 Å². The van der Waals surface area contributed by atoms with Crippen molar-refractivity contribution in [2.45, 2.75) is 20.4 Å². The lowest BCUT2D eigenvalue weighted by Crippen LogP contribution is -2.11. The smallest absolute Gasteiger partial charge is 0.249 e. The molecule has 3 nitrogen and oxygen atoms in total. The van der Waals surface area contributed by atoms with E-state index in [1.54, 1.807) is 6.07 Å². The number of fused-ring (bicyclic) bond motifs is 3. The Kier molecular flexibility index (Phi) is 5.40. The number of rotatable bonds is 4. The minimum atomic E-state index is -0.440. The Balaban J connectivity index is 1.83. The fourth-order valence-electron chi connectivity index (χ4n) is 4.64. The van der Waals surface area contributed by atoms with Gasteiger partial charge in [-0.15, -0.1) is 0 Å². The first-order chi connectivity index (χ1) is 15.8. The fourth-order valence-corrected chi connectivity index (χ4v) is 5.26. The van der Waals surface area contributed by atoms with Gasteiger partial charge in [0, 0.05) is 38.5 Å². The van der Waals surface area contributed by atoms with E-state index in [1.165, 1.54) is 16.7 Å². The molecule has 0 unspecified atom stereocenters. The normalized spacial score (nSPS) is 11.4. The number of hydrogen-bond donors (Lipinski definition) is 1. The zero-order valence-electron chi connectivity index (χ0n) is 18.3. The van der Waals surface area contributed by atoms with Crippen molar-refractivity contribution in [3.63, 3.8) is 0 Å². The van der Waals surface area contributed by atoms with Crippen molar-refractivity contribution in [2.24, 2.45) is 5.73 Å². The van der Waals surface area contributed by atoms with Gasteiger partial charge in [0.15, 0.2) is 0 Å². The van der Waals surface area contributed by atoms with E-state index in [-0.39, 0.29) is 0 Å². The molecular formula is C28H22Cl2N2O. The quantitative estimate of drug-likeness (QED) is 0.288. The highest BCUT2D eigenvalue weighted by molar-refractivity contribution is 6.39. The number of hydrogen-bond acceptors (Lipinski definition) is 1. The monoisotopic (exact) mass is 472 g/mol. The number of nitrogens with zero attached hydrogens (tertiary/aromatic N) is 1. The number of amides is 1. The summed E-state index contributed by atoms with van der Waals surface area (Å²) in [6, 6.07) is 23.8. The number of carbonyl (C=O) groups is 1. The van der Waals surface area contributed by atoms with Crippen LogP contribution in [0.15, 0.2) is 72.8 Å². The number of primary amides is 1. The van der Waals surface area contributed by atoms with Crippen LogP contribution < -0.4 is 5.73 Å². The van der Waals surface area contributed by atoms with Crippen molar-refractivity contribution in [2.75, 3.05) is 0 Å². The zero-order valence-corrected chi connectivity index (χ0v) is 19.8. The van der Waals surface area contributed by atoms with Gasteiger partial charge in [0.2, 0.25) is 5.91 Å². The maximum Gasteiger partial charge on any atom is 0.249 e. The van der Waals surface area contributed by atoms with Crippen LogP contribution in [0.2, 0.25) is 10.0 Å². The topological polar surface area (TPSA) is 48.0 Å². The van der Waals surface area contributed by atoms with E-state index in [9.17, 15) is 4.79 Å². The van der Waals surface area contributed by atoms with Gasteiger partial charge in [-0.25, -0.2) is 0 Å². The molecule has 0 aliphatic heterocycles. The molecule has 5 aromatic rings. The molecule has 1 heterocycles. The van der Waals surface area contributed by atoms with Gasteiger partial charge >= 0.3 is 0 Å². The van der Waals surface area contributed by atoms with E-state index in [4.69, 9.17) is 28.9 Å². The van der Waals surface area contributed by atoms with E-state index >= 15 is 0 Å². The standard InChI is InChI=1S/C28H22Cl2N2O/c1-16-9-10-19(17(2)13-16)15-32-24-8-3-5-21(28(31)33)27(24)20-12-11-18(14-25(20)32)26-22(29)6-4-7-23(26)30/h3-14H,15H2,1-2H3,(H2,31,33). The van der Waals surface area contributed by atoms with Gasteiger partial charge in [-0.05, 0) is 60.9 Å². The van der Waals surface area contributed by atoms with E-state index in [2.05, 4.69) is 42.7 Å². The number of aromatic nitrogens is 1. The van der Waals surface area contributed by atoms with Crippen molar-refractivity contribution >= 4 is 50.9 Å². The van der Waals surface area contributed by atoms with E-state index in [0.29, 0.717) is 22.2 Å². The van der Waals surface area contributed by atoms with Gasteiger partial charge in [-0.3, -0.25) is 4.79 Å². The molecule has 0 saturated carbocycles. The lowest BCUT2D eigenvalue weighted by Gasteiger charge is -2.13. The van der Waals surface area contributed by atoms with Crippen LogP contribution in [0.4, 0.5) is 0 Å². The third-order valence-corrected chi connectivity index (χ3v) is 6.86. The molecule has 0 radical (unpaired) electrons. The van der Waals surface area contributed by atoms with Crippen LogP contribution in [0.1, 0.15) is 27.0 Å². The van der Waals surface area contributed by atoms with E-state index < -0.39 is 5.91 Å². The van der Waals surface area contributed by atoms with E-state index in [1.807, 2.05) is 42.5 Å². The van der Waals surface area contributed by atoms with Crippen LogP contribution in [0.5, 0.6) is 0 Å². The zero-order chi connectivity index (χ0) is 23.3. The average Bonchev–Trinajstić information content (AvgIpc) is 3.08. The SMILES string of the molecule is Cc1ccc(Cn2c3cc(-c4c(Cl)cccc4Cl)ccc3c3c(C(N)=O)cccc32)c(C)c1. The molecule has 0 fully saturated rings. The summed E-state index contributed by atoms with van der Waals surface area (Å²) in [5.41, 5.74) is 13.6. The summed E-state index contributed by atoms with van der Waals surface area (Å²) >= 11 is 13.0. The molecule has 0 atom stereocenters. The molecule has 164 valence electrons. The fraction of sp³-hybridized carbons (Fsp3) is 0.107. The van der Waals surface area contributed by atoms with E-state index in [0.717, 1.165) is 32.9 Å². The molecule has 5 rings (SSSR count). The van der Waals surface area contributed by atoms with Crippen LogP contribution in [-0.2, 0) is 6.54 Å². The molecule has 0 spiro atoms. The predicted molar refractivity (Wildman–Crippen MR) is 138 cm³/mol. The summed E-state index contributed by atoms with van der Waals surface area (Å²) in [7, 11) is 0. The molecule has 1 amide bonds. The second-order valence-corrected chi connectivity index (χ2v) is 9.22. The maximum absolute atomic E-state index is 12.3. The molecule has 0 saturated heterocycles. The molecule has 4 aromatic carbocycles. The molecule has 2 N–H and O–H groups in total. The van der Waals surface area contributed by atoms with Crippen LogP contribution in [0, 0.1) is 13.8 Å². The largest absolute Gasteiger partial charge is 0.366 e. The predicted octanol–water partition coefficient (Wildman–Crippen LogP) is 7.53. The third-order valence-electron chi connectivity index (χ3n) is 6.23. The lowest BCUT2D eigenvalue weighted by atomic mass is 10.0. The van der Waals surface area contributed by atoms with Crippen LogP contribution in [0.25, 0.3) is 32.9 Å². The summed E-state index contributed by atoms with van der Waals surface area (Å²) in [5, 5.41) is 3.02. The molecular weight excluding hydrogens is 451 g/mol. The van der Waals surface area contributed by atoms with Gasteiger partial charge in [-0.2, -0.15) is 0 Å². The van der Waals surface area contributed by atoms with Crippen LogP contribution >= 0.6 is 23.2 Å². The Morgan fingerprint density at radius 1 is 0.879 bits per heavy atom. The number of benzene rings is 4.